The maximum atomic E-state index is 14.0. The second kappa shape index (κ2) is 53.9. The largest absolute Gasteiger partial charge is 0.507 e. The van der Waals surface area contributed by atoms with Crippen molar-refractivity contribution < 1.29 is 99.4 Å². The highest BCUT2D eigenvalue weighted by atomic mass is 19.3. The van der Waals surface area contributed by atoms with Crippen LogP contribution in [0.1, 0.15) is 42.5 Å². The lowest BCUT2D eigenvalue weighted by Gasteiger charge is -2.34. The fraction of sp³-hybridized carbons (Fsp3) is 0.505. The van der Waals surface area contributed by atoms with E-state index in [2.05, 4.69) is 86.9 Å². The third kappa shape index (κ3) is 32.1. The van der Waals surface area contributed by atoms with E-state index in [0.717, 1.165) is 205 Å². The first-order valence-electron chi connectivity index (χ1n) is 45.9. The predicted octanol–water partition coefficient (Wildman–Crippen LogP) is 13.6. The molecule has 8 saturated heterocycles. The lowest BCUT2D eigenvalue weighted by Crippen LogP contribution is -2.52. The van der Waals surface area contributed by atoms with Crippen LogP contribution in [0.5, 0.6) is 34.5 Å². The van der Waals surface area contributed by atoms with Crippen LogP contribution in [0.4, 0.5) is 107 Å². The number of piperazine rings is 8. The van der Waals surface area contributed by atoms with Crippen LogP contribution < -0.4 is 110 Å². The van der Waals surface area contributed by atoms with Crippen LogP contribution in [0.2, 0.25) is 0 Å². The number of halogens is 14. The molecule has 8 N–H and O–H groups in total. The van der Waals surface area contributed by atoms with E-state index in [9.17, 15) is 61.5 Å². The number of nitrogens with zero attached hydrogens (tertiary/aromatic N) is 8. The van der Waals surface area contributed by atoms with Gasteiger partial charge in [0, 0.05) is 283 Å². The third-order valence-corrected chi connectivity index (χ3v) is 23.1. The van der Waals surface area contributed by atoms with Gasteiger partial charge in [-0.15, -0.1) is 0 Å². The molecule has 0 saturated carbocycles. The van der Waals surface area contributed by atoms with Gasteiger partial charge in [-0.1, -0.05) is 6.92 Å². The first-order chi connectivity index (χ1) is 65.0. The number of hydrogen-bond donors (Lipinski definition) is 8. The molecule has 0 amide bonds. The van der Waals surface area contributed by atoms with E-state index in [-0.39, 0.29) is 40.3 Å². The normalized spacial score (nSPS) is 17.9. The summed E-state index contributed by atoms with van der Waals surface area (Å²) in [5, 5.41) is 25.8. The van der Waals surface area contributed by atoms with Gasteiger partial charge in [-0.05, 0) is 142 Å². The summed E-state index contributed by atoms with van der Waals surface area (Å²) in [5.41, 5.74) is 8.83. The Kier molecular flexibility index (Phi) is 42.6. The lowest BCUT2D eigenvalue weighted by molar-refractivity contribution is -0.391. The molecule has 744 valence electrons. The molecule has 1 unspecified atom stereocenters. The van der Waals surface area contributed by atoms with Crippen LogP contribution in [0.15, 0.2) is 121 Å². The van der Waals surface area contributed by atoms with E-state index in [0.29, 0.717) is 118 Å². The molecular formula is C97H130F14N16O8. The molecule has 9 aliphatic heterocycles. The molecule has 8 aromatic carbocycles. The molecule has 0 aliphatic carbocycles. The maximum absolute atomic E-state index is 14.0. The van der Waals surface area contributed by atoms with Crippen LogP contribution in [0.25, 0.3) is 0 Å². The number of aryl methyl sites for hydroxylation is 4. The van der Waals surface area contributed by atoms with Gasteiger partial charge in [0.1, 0.15) is 82.6 Å². The second-order valence-electron chi connectivity index (χ2n) is 33.2. The van der Waals surface area contributed by atoms with Gasteiger partial charge in [0.15, 0.2) is 34.7 Å². The average molecular weight is 1910 g/mol. The Labute approximate surface area is 782 Å². The molecule has 9 aliphatic rings. The number of fused-ring (bicyclic) bond motifs is 1. The number of nitrogens with one attached hydrogen (secondary N) is 8. The first-order valence-corrected chi connectivity index (χ1v) is 45.9. The van der Waals surface area contributed by atoms with E-state index in [1.54, 1.807) is 50.3 Å². The number of methoxy groups -OCH3 is 3. The minimum absolute atomic E-state index is 0.0972. The third-order valence-electron chi connectivity index (χ3n) is 23.1. The van der Waals surface area contributed by atoms with Crippen molar-refractivity contribution in [2.45, 2.75) is 66.2 Å². The van der Waals surface area contributed by atoms with Crippen molar-refractivity contribution in [1.82, 2.24) is 42.5 Å². The minimum atomic E-state index is -4.68. The van der Waals surface area contributed by atoms with Crippen LogP contribution in [-0.2, 0) is 9.47 Å². The summed E-state index contributed by atoms with van der Waals surface area (Å²) < 4.78 is 227. The van der Waals surface area contributed by atoms with Crippen molar-refractivity contribution in [2.24, 2.45) is 0 Å². The summed E-state index contributed by atoms with van der Waals surface area (Å²) in [6.07, 6.45) is -8.63. The summed E-state index contributed by atoms with van der Waals surface area (Å²) in [4.78, 5) is 16.0. The zero-order valence-electron chi connectivity index (χ0n) is 78.4. The van der Waals surface area contributed by atoms with E-state index < -0.39 is 58.8 Å². The fourth-order valence-corrected chi connectivity index (χ4v) is 15.9. The highest BCUT2D eigenvalue weighted by Crippen LogP contribution is 2.48. The molecule has 8 fully saturated rings. The molecule has 38 heteroatoms. The van der Waals surface area contributed by atoms with Gasteiger partial charge in [0.25, 0.3) is 0 Å². The Morgan fingerprint density at radius 1 is 0.333 bits per heavy atom. The van der Waals surface area contributed by atoms with Crippen LogP contribution in [0.3, 0.4) is 0 Å². The lowest BCUT2D eigenvalue weighted by atomic mass is 10.1. The number of rotatable bonds is 20. The number of ether oxygens (including phenoxy) is 8. The summed E-state index contributed by atoms with van der Waals surface area (Å²) >= 11 is 0. The fourth-order valence-electron chi connectivity index (χ4n) is 15.9. The number of anilines is 8. The highest BCUT2D eigenvalue weighted by molar-refractivity contribution is 5.62. The number of benzene rings is 8. The molecule has 0 aromatic heterocycles. The summed E-state index contributed by atoms with van der Waals surface area (Å²) in [5.74, 6) is -4.00. The van der Waals surface area contributed by atoms with Gasteiger partial charge in [-0.2, -0.15) is 17.6 Å². The Hall–Kier alpha value is -10.4. The van der Waals surface area contributed by atoms with E-state index in [1.807, 2.05) is 58.3 Å². The summed E-state index contributed by atoms with van der Waals surface area (Å²) in [6, 6.07) is 30.7. The van der Waals surface area contributed by atoms with Crippen molar-refractivity contribution in [2.75, 3.05) is 296 Å². The van der Waals surface area contributed by atoms with Gasteiger partial charge in [-0.25, -0.2) is 43.9 Å². The molecule has 8 aromatic rings. The summed E-state index contributed by atoms with van der Waals surface area (Å²) in [7, 11) is 4.71. The van der Waals surface area contributed by atoms with Crippen LogP contribution in [0, 0.1) is 85.9 Å². The molecule has 24 nitrogen and oxygen atoms in total. The molecule has 0 bridgehead atoms. The van der Waals surface area contributed by atoms with Crippen molar-refractivity contribution in [3.63, 3.8) is 0 Å². The smallest absolute Gasteiger partial charge is 0.494 e. The monoisotopic (exact) mass is 1910 g/mol. The molecule has 17 rings (SSSR count). The molecule has 135 heavy (non-hydrogen) atoms. The number of alkyl halides is 4. The zero-order chi connectivity index (χ0) is 97.0. The predicted molar refractivity (Wildman–Crippen MR) is 504 cm³/mol. The maximum Gasteiger partial charge on any atom is 0.507 e. The standard InChI is InChI=1S/C14H22N2O2.C13H18F2N2O.C13H19FN2O2.C12H12F4N2O2.C12H17FN2.C11H14F2N2O.2C11H14F2N2/c1-12-11-13(16-7-5-15-6-8-16)3-4-14(12)18-10-9-17-2;1-2-7-18-13-11(14)8-10(9-12(13)15)17-5-3-16-4-6-17;1-17-8-9-18-11-2-3-13(12(14)10-11)16-6-4-15-5-7-16;13-11(14)12(15,16)20-10-7-8(1-2-9(10)19-11)18-5-3-17-4-6-18;1-9-7-11(13)12(8-10(9)2)15-5-3-14-4-6-15;1-16-10-7-8(12)6-9(13)11(10)15-4-2-14-3-5-15;1-8-6-9(12)11(10(13)7-8)15-4-2-14-3-5-15;1-8-7-15(5-4-14-8)11-3-2-9(12)6-10(11)13/h3-4,11,15H,5-10H2,1-2H3;8-9,16H,2-7H2,1H3;2-3,10,15H,4-9H2,1H3;1-2,7,17H,3-6H2;7-8,14H,3-6H2,1-2H3;6-7,14H,2-5H2,1H3;6-7,14H,2-5H2,1H3;2-3,6,8,14H,4-5,7H2,1H3. The Morgan fingerprint density at radius 2 is 0.756 bits per heavy atom. The average Bonchev–Trinajstić information content (AvgIpc) is 0.756. The highest BCUT2D eigenvalue weighted by Gasteiger charge is 2.66. The van der Waals surface area contributed by atoms with Crippen LogP contribution in [-0.4, -0.2) is 276 Å². The van der Waals surface area contributed by atoms with Crippen molar-refractivity contribution in [3.05, 3.63) is 202 Å². The van der Waals surface area contributed by atoms with Crippen molar-refractivity contribution in [1.29, 1.82) is 0 Å². The minimum Gasteiger partial charge on any atom is -0.494 e. The first kappa shape index (κ1) is 107. The molecular weight excluding hydrogens is 1780 g/mol. The Morgan fingerprint density at radius 3 is 1.25 bits per heavy atom. The van der Waals surface area contributed by atoms with Gasteiger partial charge < -0.3 is 120 Å². The zero-order valence-corrected chi connectivity index (χ0v) is 78.4. The SMILES string of the molecule is CC1CN(c2ccc(F)cc2F)CCN1.CCCOc1c(F)cc(N2CCNCC2)cc1F.COCCOc1ccc(N2CCNCC2)c(F)c1.COCCOc1ccc(N2CCNCC2)cc1C.COc1cc(F)cc(F)c1N1CCNCC1.Cc1cc(F)c(N2CCNCC2)c(F)c1.Cc1cc(F)c(N2CCNCC2)cc1C.FC1(F)Oc2ccc(N3CCNCC3)cc2OC1(F)F. The van der Waals surface area contributed by atoms with E-state index in [4.69, 9.17) is 28.4 Å². The van der Waals surface area contributed by atoms with Gasteiger partial charge in [-0.3, -0.25) is 0 Å². The second-order valence-corrected chi connectivity index (χ2v) is 33.2. The van der Waals surface area contributed by atoms with Gasteiger partial charge in [0.2, 0.25) is 0 Å². The quantitative estimate of drug-likeness (QED) is 0.0265. The topological polar surface area (TPSA) is 196 Å². The van der Waals surface area contributed by atoms with Gasteiger partial charge >= 0.3 is 12.2 Å². The Bertz CT molecular complexity index is 4900. The molecule has 9 heterocycles. The van der Waals surface area contributed by atoms with E-state index >= 15 is 0 Å². The van der Waals surface area contributed by atoms with Crippen LogP contribution >= 0.6 is 0 Å². The van der Waals surface area contributed by atoms with Gasteiger partial charge in [0.05, 0.1) is 44.0 Å². The Balaban J connectivity index is 0.000000160. The summed E-state index contributed by atoms with van der Waals surface area (Å²) in [6.45, 7) is 39.8. The van der Waals surface area contributed by atoms with Crippen molar-refractivity contribution >= 4 is 45.5 Å². The van der Waals surface area contributed by atoms with E-state index in [1.165, 1.54) is 79.0 Å². The molecule has 0 spiro atoms. The van der Waals surface area contributed by atoms with Crippen molar-refractivity contribution in [3.8, 4) is 34.5 Å². The molecule has 0 radical (unpaired) electrons. The number of hydrogen-bond acceptors (Lipinski definition) is 24. The molecule has 1 atom stereocenters.